The lowest BCUT2D eigenvalue weighted by molar-refractivity contribution is 0.211. The minimum absolute atomic E-state index is 1.06. The van der Waals surface area contributed by atoms with Crippen LogP contribution in [0.3, 0.4) is 0 Å². The SMILES string of the molecule is CC1C(C)C2C3CCCC1C32. The summed E-state index contributed by atoms with van der Waals surface area (Å²) in [6.45, 7) is 4.98. The van der Waals surface area contributed by atoms with E-state index in [-0.39, 0.29) is 0 Å². The Balaban J connectivity index is 1.90. The molecule has 3 aliphatic carbocycles. The van der Waals surface area contributed by atoms with Crippen molar-refractivity contribution in [3.05, 3.63) is 0 Å². The molecule has 0 aromatic carbocycles. The highest BCUT2D eigenvalue weighted by atomic mass is 14.7. The van der Waals surface area contributed by atoms with E-state index in [1.54, 1.807) is 19.3 Å². The first-order chi connectivity index (χ1) is 5.30. The highest BCUT2D eigenvalue weighted by Gasteiger charge is 2.64. The smallest absolute Gasteiger partial charge is 0.0318 e. The van der Waals surface area contributed by atoms with Crippen LogP contribution in [0.15, 0.2) is 0 Å². The minimum atomic E-state index is 1.06. The first-order valence-electron chi connectivity index (χ1n) is 5.30. The van der Waals surface area contributed by atoms with Gasteiger partial charge in [0.2, 0.25) is 0 Å². The molecular weight excluding hydrogens is 132 g/mol. The first-order valence-corrected chi connectivity index (χ1v) is 5.30. The Morgan fingerprint density at radius 1 is 0.818 bits per heavy atom. The molecule has 0 aromatic rings. The van der Waals surface area contributed by atoms with E-state index >= 15 is 0 Å². The molecule has 0 heteroatoms. The van der Waals surface area contributed by atoms with Gasteiger partial charge in [0.1, 0.15) is 0 Å². The molecule has 3 rings (SSSR count). The molecular formula is C11H18. The summed E-state index contributed by atoms with van der Waals surface area (Å²) in [7, 11) is 0. The van der Waals surface area contributed by atoms with Gasteiger partial charge in [-0.15, -0.1) is 0 Å². The molecule has 0 spiro atoms. The average molecular weight is 150 g/mol. The van der Waals surface area contributed by atoms with E-state index in [0.717, 1.165) is 17.8 Å². The van der Waals surface area contributed by atoms with E-state index in [1.165, 1.54) is 17.8 Å². The Morgan fingerprint density at radius 2 is 1.55 bits per heavy atom. The predicted molar refractivity (Wildman–Crippen MR) is 46.1 cm³/mol. The second-order valence-electron chi connectivity index (χ2n) is 5.13. The van der Waals surface area contributed by atoms with E-state index in [9.17, 15) is 0 Å². The van der Waals surface area contributed by atoms with Crippen LogP contribution < -0.4 is 0 Å². The summed E-state index contributed by atoms with van der Waals surface area (Å²) < 4.78 is 0. The molecule has 0 amide bonds. The molecule has 0 nitrogen and oxygen atoms in total. The van der Waals surface area contributed by atoms with Gasteiger partial charge in [0.25, 0.3) is 0 Å². The van der Waals surface area contributed by atoms with Gasteiger partial charge in [0, 0.05) is 0 Å². The zero-order chi connectivity index (χ0) is 7.59. The normalized spacial score (nSPS) is 66.0. The van der Waals surface area contributed by atoms with Gasteiger partial charge in [-0.1, -0.05) is 20.3 Å². The number of fused-ring (bicyclic) bond motifs is 1. The van der Waals surface area contributed by atoms with E-state index in [1.807, 2.05) is 0 Å². The maximum Gasteiger partial charge on any atom is -0.0318 e. The van der Waals surface area contributed by atoms with Crippen LogP contribution in [0.5, 0.6) is 0 Å². The molecule has 0 N–H and O–H groups in total. The zero-order valence-corrected chi connectivity index (χ0v) is 7.59. The third kappa shape index (κ3) is 0.625. The molecule has 3 saturated carbocycles. The van der Waals surface area contributed by atoms with Crippen molar-refractivity contribution in [1.82, 2.24) is 0 Å². The molecule has 0 heterocycles. The van der Waals surface area contributed by atoms with Crippen molar-refractivity contribution in [2.75, 3.05) is 0 Å². The minimum Gasteiger partial charge on any atom is -0.0620 e. The fraction of sp³-hybridized carbons (Fsp3) is 1.00. The Kier molecular flexibility index (Phi) is 1.09. The van der Waals surface area contributed by atoms with Gasteiger partial charge in [-0.2, -0.15) is 0 Å². The predicted octanol–water partition coefficient (Wildman–Crippen LogP) is 2.93. The summed E-state index contributed by atoms with van der Waals surface area (Å²) in [4.78, 5) is 0. The molecule has 62 valence electrons. The van der Waals surface area contributed by atoms with Crippen LogP contribution in [0.2, 0.25) is 0 Å². The van der Waals surface area contributed by atoms with Gasteiger partial charge >= 0.3 is 0 Å². The van der Waals surface area contributed by atoms with E-state index in [4.69, 9.17) is 0 Å². The summed E-state index contributed by atoms with van der Waals surface area (Å²) in [5.41, 5.74) is 0. The maximum absolute atomic E-state index is 2.49. The monoisotopic (exact) mass is 150 g/mol. The van der Waals surface area contributed by atoms with E-state index in [0.29, 0.717) is 0 Å². The topological polar surface area (TPSA) is 0 Å². The molecule has 0 radical (unpaired) electrons. The Bertz CT molecular complexity index is 178. The Hall–Kier alpha value is 0. The van der Waals surface area contributed by atoms with Crippen LogP contribution in [-0.4, -0.2) is 0 Å². The fourth-order valence-corrected chi connectivity index (χ4v) is 4.29. The van der Waals surface area contributed by atoms with Crippen molar-refractivity contribution in [2.24, 2.45) is 35.5 Å². The molecule has 0 bridgehead atoms. The van der Waals surface area contributed by atoms with E-state index < -0.39 is 0 Å². The summed E-state index contributed by atoms with van der Waals surface area (Å²) in [5.74, 6) is 6.84. The average Bonchev–Trinajstić information content (AvgIpc) is 2.68. The van der Waals surface area contributed by atoms with Crippen molar-refractivity contribution >= 4 is 0 Å². The van der Waals surface area contributed by atoms with Crippen LogP contribution in [0.4, 0.5) is 0 Å². The molecule has 0 aliphatic heterocycles. The van der Waals surface area contributed by atoms with Crippen molar-refractivity contribution in [2.45, 2.75) is 33.1 Å². The molecule has 6 atom stereocenters. The van der Waals surface area contributed by atoms with Gasteiger partial charge in [0.05, 0.1) is 0 Å². The number of hydrogen-bond acceptors (Lipinski definition) is 0. The van der Waals surface area contributed by atoms with Gasteiger partial charge in [0.15, 0.2) is 0 Å². The third-order valence-corrected chi connectivity index (χ3v) is 4.97. The van der Waals surface area contributed by atoms with Crippen LogP contribution in [0.1, 0.15) is 33.1 Å². The second kappa shape index (κ2) is 1.84. The van der Waals surface area contributed by atoms with E-state index in [2.05, 4.69) is 13.8 Å². The third-order valence-electron chi connectivity index (χ3n) is 4.97. The lowest BCUT2D eigenvalue weighted by atomic mass is 9.77. The summed E-state index contributed by atoms with van der Waals surface area (Å²) in [6, 6.07) is 0. The molecule has 3 aliphatic rings. The molecule has 6 unspecified atom stereocenters. The van der Waals surface area contributed by atoms with Gasteiger partial charge < -0.3 is 0 Å². The van der Waals surface area contributed by atoms with Crippen molar-refractivity contribution in [1.29, 1.82) is 0 Å². The molecule has 11 heavy (non-hydrogen) atoms. The lowest BCUT2D eigenvalue weighted by Gasteiger charge is -2.28. The Morgan fingerprint density at radius 3 is 2.27 bits per heavy atom. The van der Waals surface area contributed by atoms with Gasteiger partial charge in [-0.05, 0) is 48.3 Å². The number of rotatable bonds is 0. The quantitative estimate of drug-likeness (QED) is 0.498. The Labute approximate surface area is 69.4 Å². The lowest BCUT2D eigenvalue weighted by Crippen LogP contribution is -2.20. The molecule has 3 fully saturated rings. The van der Waals surface area contributed by atoms with Gasteiger partial charge in [-0.25, -0.2) is 0 Å². The van der Waals surface area contributed by atoms with Crippen LogP contribution in [0.25, 0.3) is 0 Å². The van der Waals surface area contributed by atoms with Crippen molar-refractivity contribution in [3.63, 3.8) is 0 Å². The van der Waals surface area contributed by atoms with Crippen LogP contribution in [-0.2, 0) is 0 Å². The highest BCUT2D eigenvalue weighted by molar-refractivity contribution is 5.12. The standard InChI is InChI=1S/C11H18/c1-6-7(2)10-9-5-3-4-8(6)11(9)10/h6-11H,3-5H2,1-2H3. The number of hydrogen-bond donors (Lipinski definition) is 0. The fourth-order valence-electron chi connectivity index (χ4n) is 4.29. The first kappa shape index (κ1) is 6.51. The highest BCUT2D eigenvalue weighted by Crippen LogP contribution is 2.70. The summed E-state index contributed by atoms with van der Waals surface area (Å²) in [6.07, 6.45) is 4.67. The molecule has 0 aromatic heterocycles. The zero-order valence-electron chi connectivity index (χ0n) is 7.59. The summed E-state index contributed by atoms with van der Waals surface area (Å²) >= 11 is 0. The van der Waals surface area contributed by atoms with Crippen molar-refractivity contribution < 1.29 is 0 Å². The largest absolute Gasteiger partial charge is 0.0620 e. The molecule has 0 saturated heterocycles. The van der Waals surface area contributed by atoms with Crippen LogP contribution >= 0.6 is 0 Å². The maximum atomic E-state index is 2.49. The van der Waals surface area contributed by atoms with Crippen molar-refractivity contribution in [3.8, 4) is 0 Å². The van der Waals surface area contributed by atoms with Crippen LogP contribution in [0, 0.1) is 35.5 Å². The van der Waals surface area contributed by atoms with Gasteiger partial charge in [-0.3, -0.25) is 0 Å². The summed E-state index contributed by atoms with van der Waals surface area (Å²) in [5, 5.41) is 0. The second-order valence-corrected chi connectivity index (χ2v) is 5.13.